The lowest BCUT2D eigenvalue weighted by Gasteiger charge is -2.03. The first-order valence-electron chi connectivity index (χ1n) is 5.66. The zero-order valence-electron chi connectivity index (χ0n) is 10.3. The van der Waals surface area contributed by atoms with E-state index in [1.165, 1.54) is 0 Å². The Bertz CT molecular complexity index is 474. The summed E-state index contributed by atoms with van der Waals surface area (Å²) in [7, 11) is 0. The molecule has 17 heavy (non-hydrogen) atoms. The minimum absolute atomic E-state index is 0.447. The minimum Gasteiger partial charge on any atom is -0.308 e. The van der Waals surface area contributed by atoms with E-state index in [0.29, 0.717) is 19.1 Å². The maximum absolute atomic E-state index is 4.40. The quantitative estimate of drug-likeness (QED) is 0.876. The van der Waals surface area contributed by atoms with Gasteiger partial charge in [0.1, 0.15) is 6.33 Å². The van der Waals surface area contributed by atoms with Crippen molar-refractivity contribution < 1.29 is 0 Å². The topological polar surface area (TPSA) is 55.6 Å². The number of aromatic nitrogens is 4. The van der Waals surface area contributed by atoms with E-state index in [4.69, 9.17) is 0 Å². The molecule has 2 aromatic heterocycles. The highest BCUT2D eigenvalue weighted by Crippen LogP contribution is 2.08. The van der Waals surface area contributed by atoms with Crippen LogP contribution in [-0.2, 0) is 13.1 Å². The van der Waals surface area contributed by atoms with E-state index in [-0.39, 0.29) is 0 Å². The first-order chi connectivity index (χ1) is 8.13. The van der Waals surface area contributed by atoms with Gasteiger partial charge >= 0.3 is 0 Å². The summed E-state index contributed by atoms with van der Waals surface area (Å²) in [5, 5.41) is 10.8. The fourth-order valence-corrected chi connectivity index (χ4v) is 2.04. The molecule has 2 heterocycles. The molecule has 5 nitrogen and oxygen atoms in total. The van der Waals surface area contributed by atoms with Crippen LogP contribution in [0.15, 0.2) is 11.7 Å². The molecular weight excluding hydrogens is 234 g/mol. The number of rotatable bonds is 5. The van der Waals surface area contributed by atoms with Gasteiger partial charge in [0.25, 0.3) is 0 Å². The molecule has 0 spiro atoms. The zero-order valence-corrected chi connectivity index (χ0v) is 11.2. The van der Waals surface area contributed by atoms with Crippen molar-refractivity contribution in [2.75, 3.05) is 0 Å². The number of thiazole rings is 1. The second-order valence-electron chi connectivity index (χ2n) is 4.25. The Kier molecular flexibility index (Phi) is 3.86. The van der Waals surface area contributed by atoms with Gasteiger partial charge < -0.3 is 5.32 Å². The molecule has 0 saturated heterocycles. The maximum atomic E-state index is 4.40. The van der Waals surface area contributed by atoms with Gasteiger partial charge in [-0.25, -0.2) is 14.6 Å². The molecule has 2 rings (SSSR count). The molecule has 0 unspecified atom stereocenters. The SMILES string of the molecule is Cc1nc(Cn2cnc(CNC(C)C)n2)cs1. The largest absolute Gasteiger partial charge is 0.308 e. The lowest BCUT2D eigenvalue weighted by atomic mass is 10.4. The molecule has 0 aromatic carbocycles. The van der Waals surface area contributed by atoms with Crippen LogP contribution in [0.2, 0.25) is 0 Å². The van der Waals surface area contributed by atoms with E-state index in [0.717, 1.165) is 16.5 Å². The third-order valence-electron chi connectivity index (χ3n) is 2.24. The monoisotopic (exact) mass is 251 g/mol. The summed E-state index contributed by atoms with van der Waals surface area (Å²) >= 11 is 1.66. The summed E-state index contributed by atoms with van der Waals surface area (Å²) in [6, 6.07) is 0.447. The summed E-state index contributed by atoms with van der Waals surface area (Å²) < 4.78 is 1.83. The standard InChI is InChI=1S/C11H17N5S/c1-8(2)12-4-11-13-7-16(15-11)5-10-6-17-9(3)14-10/h6-8,12H,4-5H2,1-3H3. The van der Waals surface area contributed by atoms with E-state index in [2.05, 4.69) is 39.6 Å². The first kappa shape index (κ1) is 12.2. The lowest BCUT2D eigenvalue weighted by molar-refractivity contribution is 0.564. The first-order valence-corrected chi connectivity index (χ1v) is 6.54. The van der Waals surface area contributed by atoms with Gasteiger partial charge in [-0.3, -0.25) is 0 Å². The highest BCUT2D eigenvalue weighted by molar-refractivity contribution is 7.09. The maximum Gasteiger partial charge on any atom is 0.164 e. The molecule has 0 aliphatic heterocycles. The molecule has 0 radical (unpaired) electrons. The van der Waals surface area contributed by atoms with Crippen LogP contribution < -0.4 is 5.32 Å². The second kappa shape index (κ2) is 5.37. The van der Waals surface area contributed by atoms with E-state index in [1.54, 1.807) is 17.7 Å². The van der Waals surface area contributed by atoms with E-state index in [9.17, 15) is 0 Å². The van der Waals surface area contributed by atoms with Crippen molar-refractivity contribution in [3.63, 3.8) is 0 Å². The normalized spacial score (nSPS) is 11.3. The minimum atomic E-state index is 0.447. The third-order valence-corrected chi connectivity index (χ3v) is 3.07. The third kappa shape index (κ3) is 3.61. The number of nitrogens with one attached hydrogen (secondary N) is 1. The van der Waals surface area contributed by atoms with Crippen molar-refractivity contribution in [2.45, 2.75) is 39.9 Å². The Morgan fingerprint density at radius 1 is 1.47 bits per heavy atom. The molecule has 92 valence electrons. The molecule has 0 aliphatic rings. The highest BCUT2D eigenvalue weighted by atomic mass is 32.1. The van der Waals surface area contributed by atoms with Crippen LogP contribution in [0.1, 0.15) is 30.4 Å². The van der Waals surface area contributed by atoms with Crippen molar-refractivity contribution in [1.82, 2.24) is 25.1 Å². The van der Waals surface area contributed by atoms with Crippen LogP contribution in [0.4, 0.5) is 0 Å². The van der Waals surface area contributed by atoms with Crippen LogP contribution in [0.3, 0.4) is 0 Å². The fraction of sp³-hybridized carbons (Fsp3) is 0.545. The number of hydrogen-bond donors (Lipinski definition) is 1. The molecule has 0 fully saturated rings. The summed E-state index contributed by atoms with van der Waals surface area (Å²) in [5.74, 6) is 0.825. The average molecular weight is 251 g/mol. The summed E-state index contributed by atoms with van der Waals surface area (Å²) in [5.41, 5.74) is 1.04. The number of aryl methyl sites for hydroxylation is 1. The fourth-order valence-electron chi connectivity index (χ4n) is 1.43. The molecular formula is C11H17N5S. The molecule has 0 bridgehead atoms. The molecule has 0 atom stereocenters. The molecule has 0 aliphatic carbocycles. The lowest BCUT2D eigenvalue weighted by Crippen LogP contribution is -2.22. The van der Waals surface area contributed by atoms with Gasteiger partial charge in [0.05, 0.1) is 23.8 Å². The Morgan fingerprint density at radius 3 is 2.94 bits per heavy atom. The van der Waals surface area contributed by atoms with Crippen LogP contribution in [0.5, 0.6) is 0 Å². The molecule has 2 aromatic rings. The van der Waals surface area contributed by atoms with Crippen molar-refractivity contribution in [3.8, 4) is 0 Å². The Labute approximate surface area is 105 Å². The van der Waals surface area contributed by atoms with Crippen molar-refractivity contribution in [3.05, 3.63) is 28.2 Å². The molecule has 6 heteroatoms. The van der Waals surface area contributed by atoms with Crippen LogP contribution in [0.25, 0.3) is 0 Å². The van der Waals surface area contributed by atoms with Crippen molar-refractivity contribution in [1.29, 1.82) is 0 Å². The van der Waals surface area contributed by atoms with E-state index < -0.39 is 0 Å². The van der Waals surface area contributed by atoms with E-state index >= 15 is 0 Å². The molecule has 0 amide bonds. The smallest absolute Gasteiger partial charge is 0.164 e. The highest BCUT2D eigenvalue weighted by Gasteiger charge is 2.04. The van der Waals surface area contributed by atoms with Gasteiger partial charge in [-0.15, -0.1) is 11.3 Å². The Hall–Kier alpha value is -1.27. The predicted octanol–water partition coefficient (Wildman–Crippen LogP) is 1.59. The van der Waals surface area contributed by atoms with Gasteiger partial charge in [0, 0.05) is 11.4 Å². The van der Waals surface area contributed by atoms with Crippen molar-refractivity contribution in [2.24, 2.45) is 0 Å². The van der Waals surface area contributed by atoms with E-state index in [1.807, 2.05) is 11.6 Å². The van der Waals surface area contributed by atoms with Gasteiger partial charge in [-0.05, 0) is 6.92 Å². The van der Waals surface area contributed by atoms with Gasteiger partial charge in [0.2, 0.25) is 0 Å². The van der Waals surface area contributed by atoms with Crippen LogP contribution in [-0.4, -0.2) is 25.8 Å². The predicted molar refractivity (Wildman–Crippen MR) is 68.0 cm³/mol. The van der Waals surface area contributed by atoms with Gasteiger partial charge in [-0.1, -0.05) is 13.8 Å². The zero-order chi connectivity index (χ0) is 12.3. The Morgan fingerprint density at radius 2 is 2.29 bits per heavy atom. The Balaban J connectivity index is 1.94. The molecule has 1 N–H and O–H groups in total. The summed E-state index contributed by atoms with van der Waals surface area (Å²) in [6.45, 7) is 7.62. The average Bonchev–Trinajstić information content (AvgIpc) is 2.86. The number of nitrogens with zero attached hydrogens (tertiary/aromatic N) is 4. The van der Waals surface area contributed by atoms with Gasteiger partial charge in [-0.2, -0.15) is 5.10 Å². The number of hydrogen-bond acceptors (Lipinski definition) is 5. The second-order valence-corrected chi connectivity index (χ2v) is 5.31. The van der Waals surface area contributed by atoms with Crippen LogP contribution in [0, 0.1) is 6.92 Å². The molecule has 0 saturated carbocycles. The summed E-state index contributed by atoms with van der Waals surface area (Å²) in [6.07, 6.45) is 1.76. The van der Waals surface area contributed by atoms with Crippen LogP contribution >= 0.6 is 11.3 Å². The van der Waals surface area contributed by atoms with Crippen molar-refractivity contribution >= 4 is 11.3 Å². The van der Waals surface area contributed by atoms with Gasteiger partial charge in [0.15, 0.2) is 5.82 Å². The summed E-state index contributed by atoms with van der Waals surface area (Å²) in [4.78, 5) is 8.66.